The minimum absolute atomic E-state index is 0.348. The Labute approximate surface area is 168 Å². The number of alkyl halides is 2. The Morgan fingerprint density at radius 2 is 1.93 bits per heavy atom. The number of morpholine rings is 1. The zero-order valence-corrected chi connectivity index (χ0v) is 16.7. The molecule has 0 bridgehead atoms. The van der Waals surface area contributed by atoms with Gasteiger partial charge in [-0.15, -0.1) is 0 Å². The summed E-state index contributed by atoms with van der Waals surface area (Å²) in [7, 11) is 0. The lowest BCUT2D eigenvalue weighted by atomic mass is 9.97. The van der Waals surface area contributed by atoms with Crippen LogP contribution >= 0.6 is 24.0 Å². The van der Waals surface area contributed by atoms with Crippen molar-refractivity contribution in [3.05, 3.63) is 24.3 Å². The molecule has 0 radical (unpaired) electrons. The molecule has 1 aromatic rings. The SMILES string of the molecule is FC(F)Sc1ccc(NC(=S)NC[C@@H]([C@H]2CCOC2)N2CCOCC2)cc1. The van der Waals surface area contributed by atoms with Crippen molar-refractivity contribution in [3.63, 3.8) is 0 Å². The van der Waals surface area contributed by atoms with E-state index in [4.69, 9.17) is 21.7 Å². The van der Waals surface area contributed by atoms with Gasteiger partial charge in [0, 0.05) is 48.8 Å². The predicted octanol–water partition coefficient (Wildman–Crippen LogP) is 3.03. The van der Waals surface area contributed by atoms with Gasteiger partial charge in [-0.2, -0.15) is 8.78 Å². The molecule has 3 rings (SSSR count). The van der Waals surface area contributed by atoms with Crippen LogP contribution < -0.4 is 10.6 Å². The van der Waals surface area contributed by atoms with Crippen molar-refractivity contribution in [1.82, 2.24) is 10.2 Å². The molecule has 1 aromatic carbocycles. The van der Waals surface area contributed by atoms with Crippen LogP contribution in [0.2, 0.25) is 0 Å². The summed E-state index contributed by atoms with van der Waals surface area (Å²) in [6.07, 6.45) is 1.06. The first kappa shape index (κ1) is 20.7. The maximum absolute atomic E-state index is 12.4. The smallest absolute Gasteiger partial charge is 0.288 e. The van der Waals surface area contributed by atoms with Crippen LogP contribution in [0.4, 0.5) is 14.5 Å². The van der Waals surface area contributed by atoms with Gasteiger partial charge in [0.2, 0.25) is 0 Å². The quantitative estimate of drug-likeness (QED) is 0.522. The number of nitrogens with zero attached hydrogens (tertiary/aromatic N) is 1. The molecule has 0 unspecified atom stereocenters. The monoisotopic (exact) mass is 417 g/mol. The van der Waals surface area contributed by atoms with Gasteiger partial charge < -0.3 is 20.1 Å². The van der Waals surface area contributed by atoms with Crippen LogP contribution in [0.1, 0.15) is 6.42 Å². The molecule has 2 aliphatic heterocycles. The fourth-order valence-corrected chi connectivity index (χ4v) is 4.15. The molecular formula is C18H25F2N3O2S2. The molecule has 0 aliphatic carbocycles. The van der Waals surface area contributed by atoms with Crippen LogP contribution in [0.3, 0.4) is 0 Å². The zero-order valence-electron chi connectivity index (χ0n) is 15.0. The molecular weight excluding hydrogens is 392 g/mol. The molecule has 0 spiro atoms. The van der Waals surface area contributed by atoms with E-state index < -0.39 is 5.76 Å². The van der Waals surface area contributed by atoms with E-state index in [9.17, 15) is 8.78 Å². The van der Waals surface area contributed by atoms with Crippen LogP contribution in [-0.4, -0.2) is 67.9 Å². The minimum atomic E-state index is -2.41. The number of benzene rings is 1. The summed E-state index contributed by atoms with van der Waals surface area (Å²) in [5.41, 5.74) is 0.776. The van der Waals surface area contributed by atoms with Crippen molar-refractivity contribution >= 4 is 34.8 Å². The first-order valence-corrected chi connectivity index (χ1v) is 10.4. The molecule has 0 amide bonds. The van der Waals surface area contributed by atoms with Gasteiger partial charge in [0.15, 0.2) is 5.11 Å². The second-order valence-corrected chi connectivity index (χ2v) is 8.05. The third-order valence-electron chi connectivity index (χ3n) is 4.83. The van der Waals surface area contributed by atoms with Crippen LogP contribution in [-0.2, 0) is 9.47 Å². The number of hydrogen-bond donors (Lipinski definition) is 2. The Morgan fingerprint density at radius 3 is 2.56 bits per heavy atom. The van der Waals surface area contributed by atoms with E-state index in [0.717, 1.165) is 58.2 Å². The van der Waals surface area contributed by atoms with Crippen molar-refractivity contribution in [1.29, 1.82) is 0 Å². The van der Waals surface area contributed by atoms with Gasteiger partial charge in [0.05, 0.1) is 19.8 Å². The molecule has 2 heterocycles. The summed E-state index contributed by atoms with van der Waals surface area (Å²) >= 11 is 5.94. The van der Waals surface area contributed by atoms with Crippen molar-refractivity contribution in [3.8, 4) is 0 Å². The average Bonchev–Trinajstić information content (AvgIpc) is 3.18. The fraction of sp³-hybridized carbons (Fsp3) is 0.611. The largest absolute Gasteiger partial charge is 0.381 e. The second-order valence-electron chi connectivity index (χ2n) is 6.58. The Bertz CT molecular complexity index is 595. The highest BCUT2D eigenvalue weighted by Gasteiger charge is 2.31. The number of rotatable bonds is 7. The Kier molecular flexibility index (Phi) is 8.07. The number of ether oxygens (including phenoxy) is 2. The van der Waals surface area contributed by atoms with Gasteiger partial charge in [0.1, 0.15) is 0 Å². The fourth-order valence-electron chi connectivity index (χ4n) is 3.45. The standard InChI is InChI=1S/C18H25F2N3O2S2/c19-17(20)27-15-3-1-14(2-4-15)22-18(26)21-11-16(13-5-8-25-12-13)23-6-9-24-10-7-23/h1-4,13,16-17H,5-12H2,(H2,21,22,26)/t13-,16-/m0/s1. The highest BCUT2D eigenvalue weighted by atomic mass is 32.2. The van der Waals surface area contributed by atoms with Crippen LogP contribution in [0.15, 0.2) is 29.2 Å². The number of thiocarbonyl (C=S) groups is 1. The third kappa shape index (κ3) is 6.53. The van der Waals surface area contributed by atoms with E-state index in [1.807, 2.05) is 0 Å². The summed E-state index contributed by atoms with van der Waals surface area (Å²) in [6.45, 7) is 5.70. The van der Waals surface area contributed by atoms with Crippen molar-refractivity contribution < 1.29 is 18.3 Å². The lowest BCUT2D eigenvalue weighted by Crippen LogP contribution is -2.52. The molecule has 2 aliphatic rings. The Morgan fingerprint density at radius 1 is 1.19 bits per heavy atom. The van der Waals surface area contributed by atoms with Gasteiger partial charge in [0.25, 0.3) is 5.76 Å². The van der Waals surface area contributed by atoms with Crippen LogP contribution in [0.25, 0.3) is 0 Å². The highest BCUT2D eigenvalue weighted by molar-refractivity contribution is 7.99. The summed E-state index contributed by atoms with van der Waals surface area (Å²) in [4.78, 5) is 2.98. The number of halogens is 2. The van der Waals surface area contributed by atoms with E-state index in [2.05, 4.69) is 15.5 Å². The molecule has 2 saturated heterocycles. The Balaban J connectivity index is 1.50. The summed E-state index contributed by atoms with van der Waals surface area (Å²) in [5, 5.41) is 6.96. The molecule has 27 heavy (non-hydrogen) atoms. The highest BCUT2D eigenvalue weighted by Crippen LogP contribution is 2.26. The first-order valence-electron chi connectivity index (χ1n) is 9.11. The van der Waals surface area contributed by atoms with Crippen molar-refractivity contribution in [2.45, 2.75) is 23.1 Å². The van der Waals surface area contributed by atoms with Crippen LogP contribution in [0, 0.1) is 5.92 Å². The molecule has 2 N–H and O–H groups in total. The third-order valence-corrected chi connectivity index (χ3v) is 5.80. The van der Waals surface area contributed by atoms with E-state index in [1.165, 1.54) is 0 Å². The second kappa shape index (κ2) is 10.5. The summed E-state index contributed by atoms with van der Waals surface area (Å²) in [5.74, 6) is -1.92. The molecule has 0 aromatic heterocycles. The van der Waals surface area contributed by atoms with Crippen LogP contribution in [0.5, 0.6) is 0 Å². The molecule has 2 fully saturated rings. The maximum atomic E-state index is 12.4. The van der Waals surface area contributed by atoms with E-state index in [0.29, 0.717) is 33.7 Å². The number of nitrogens with one attached hydrogen (secondary N) is 2. The molecule has 9 heteroatoms. The van der Waals surface area contributed by atoms with E-state index in [-0.39, 0.29) is 0 Å². The zero-order chi connectivity index (χ0) is 19.1. The number of hydrogen-bond acceptors (Lipinski definition) is 5. The lowest BCUT2D eigenvalue weighted by Gasteiger charge is -2.37. The maximum Gasteiger partial charge on any atom is 0.288 e. The number of thioether (sulfide) groups is 1. The van der Waals surface area contributed by atoms with Gasteiger partial charge in [-0.3, -0.25) is 4.90 Å². The van der Waals surface area contributed by atoms with Gasteiger partial charge >= 0.3 is 0 Å². The van der Waals surface area contributed by atoms with E-state index in [1.54, 1.807) is 24.3 Å². The normalized spacial score (nSPS) is 22.0. The van der Waals surface area contributed by atoms with E-state index >= 15 is 0 Å². The lowest BCUT2D eigenvalue weighted by molar-refractivity contribution is 0.00255. The summed E-state index contributed by atoms with van der Waals surface area (Å²) in [6, 6.07) is 7.18. The average molecular weight is 418 g/mol. The van der Waals surface area contributed by atoms with Crippen molar-refractivity contribution in [2.24, 2.45) is 5.92 Å². The predicted molar refractivity (Wildman–Crippen MR) is 108 cm³/mol. The summed E-state index contributed by atoms with van der Waals surface area (Å²) < 4.78 is 35.8. The Hall–Kier alpha value is -1.00. The topological polar surface area (TPSA) is 45.8 Å². The molecule has 5 nitrogen and oxygen atoms in total. The van der Waals surface area contributed by atoms with Gasteiger partial charge in [-0.25, -0.2) is 0 Å². The minimum Gasteiger partial charge on any atom is -0.381 e. The van der Waals surface area contributed by atoms with Gasteiger partial charge in [-0.1, -0.05) is 11.8 Å². The van der Waals surface area contributed by atoms with Crippen molar-refractivity contribution in [2.75, 3.05) is 51.4 Å². The molecule has 150 valence electrons. The molecule has 0 saturated carbocycles. The number of anilines is 1. The van der Waals surface area contributed by atoms with Gasteiger partial charge in [-0.05, 0) is 42.9 Å². The molecule has 2 atom stereocenters. The first-order chi connectivity index (χ1) is 13.1.